The lowest BCUT2D eigenvalue weighted by Crippen LogP contribution is -2.34. The highest BCUT2D eigenvalue weighted by atomic mass is 19.1. The first kappa shape index (κ1) is 35.8. The number of hydrogen-bond acceptors (Lipinski definition) is 9. The van der Waals surface area contributed by atoms with E-state index in [2.05, 4.69) is 27.8 Å². The molecule has 1 fully saturated rings. The summed E-state index contributed by atoms with van der Waals surface area (Å²) >= 11 is 0. The first-order chi connectivity index (χ1) is 22.9. The number of imidazole rings is 1. The fourth-order valence-corrected chi connectivity index (χ4v) is 5.93. The van der Waals surface area contributed by atoms with Crippen LogP contribution in [-0.4, -0.2) is 43.7 Å². The third kappa shape index (κ3) is 10.5. The lowest BCUT2D eigenvalue weighted by molar-refractivity contribution is -0.145. The number of nitrogens with two attached hydrogens (primary N) is 1. The van der Waals surface area contributed by atoms with Crippen LogP contribution >= 0.6 is 0 Å². The number of unbranched alkanes of at least 4 members (excludes halogenated alkanes) is 12. The summed E-state index contributed by atoms with van der Waals surface area (Å²) in [4.78, 5) is 37.0. The molecule has 0 saturated carbocycles. The number of carbonyl (C=O) groups is 2. The lowest BCUT2D eigenvalue weighted by atomic mass is 10.0. The molecule has 0 spiro atoms. The molecule has 0 amide bonds. The highest BCUT2D eigenvalue weighted by Crippen LogP contribution is 2.38. The molecule has 2 aromatic heterocycles. The van der Waals surface area contributed by atoms with Crippen LogP contribution in [0.1, 0.15) is 132 Å². The molecule has 0 bridgehead atoms. The van der Waals surface area contributed by atoms with Crippen molar-refractivity contribution >= 4 is 28.9 Å². The molecule has 2 atom stereocenters. The molecule has 3 aromatic rings. The number of benzene rings is 1. The number of aromatic nitrogens is 4. The molecule has 0 unspecified atom stereocenters. The van der Waals surface area contributed by atoms with Crippen molar-refractivity contribution in [3.63, 3.8) is 0 Å². The van der Waals surface area contributed by atoms with Crippen LogP contribution in [0.25, 0.3) is 11.2 Å². The number of carbonyl (C=O) groups excluding carboxylic acids is 2. The second kappa shape index (κ2) is 18.3. The van der Waals surface area contributed by atoms with Gasteiger partial charge in [0.15, 0.2) is 22.6 Å². The van der Waals surface area contributed by atoms with E-state index >= 15 is 0 Å². The lowest BCUT2D eigenvalue weighted by Gasteiger charge is -2.24. The molecule has 254 valence electrons. The monoisotopic (exact) mass is 649 g/mol. The molecular weight excluding hydrogens is 601 g/mol. The molecule has 4 rings (SSSR count). The maximum Gasteiger partial charge on any atom is 0.338 e. The van der Waals surface area contributed by atoms with Gasteiger partial charge in [-0.2, -0.15) is 14.4 Å². The maximum atomic E-state index is 13.8. The quantitative estimate of drug-likeness (QED) is 0.0568. The van der Waals surface area contributed by atoms with E-state index in [-0.39, 0.29) is 41.7 Å². The van der Waals surface area contributed by atoms with E-state index in [4.69, 9.17) is 26.4 Å². The zero-order chi connectivity index (χ0) is 33.5. The summed E-state index contributed by atoms with van der Waals surface area (Å²) in [6.07, 6.45) is 23.0. The van der Waals surface area contributed by atoms with Crippen LogP contribution in [0.15, 0.2) is 30.6 Å². The molecule has 0 aliphatic carbocycles. The van der Waals surface area contributed by atoms with Crippen molar-refractivity contribution < 1.29 is 28.2 Å². The predicted molar refractivity (Wildman–Crippen MR) is 177 cm³/mol. The molecule has 1 saturated heterocycles. The van der Waals surface area contributed by atoms with Crippen molar-refractivity contribution in [2.24, 2.45) is 0 Å². The average Bonchev–Trinajstić information content (AvgIpc) is 3.70. The summed E-state index contributed by atoms with van der Waals surface area (Å²) in [7, 11) is 0. The topological polar surface area (TPSA) is 131 Å². The van der Waals surface area contributed by atoms with E-state index in [1.54, 1.807) is 28.8 Å². The molecule has 47 heavy (non-hydrogen) atoms. The highest BCUT2D eigenvalue weighted by molar-refractivity contribution is 5.91. The Hall–Kier alpha value is -4.04. The van der Waals surface area contributed by atoms with Gasteiger partial charge in [-0.15, -0.1) is 6.42 Å². The number of ether oxygens (including phenoxy) is 3. The second-order valence-corrected chi connectivity index (χ2v) is 12.3. The van der Waals surface area contributed by atoms with Crippen molar-refractivity contribution in [1.82, 2.24) is 19.5 Å². The minimum Gasteiger partial charge on any atom is -0.461 e. The Bertz CT molecular complexity index is 1500. The molecule has 1 aliphatic heterocycles. The molecule has 1 aromatic carbocycles. The second-order valence-electron chi connectivity index (χ2n) is 12.3. The SMILES string of the molecule is C#C[C@@]1(COC(=O)c2ccccc2COC(=O)CCCCCCCCCCCCCCC)CC[C@H](n2cnc3c(N)nc(F)nc32)O1. The normalized spacial score (nSPS) is 17.5. The number of terminal acetylenes is 1. The number of anilines is 1. The Morgan fingerprint density at radius 3 is 2.36 bits per heavy atom. The van der Waals surface area contributed by atoms with Gasteiger partial charge in [0, 0.05) is 12.0 Å². The number of hydrogen-bond donors (Lipinski definition) is 1. The number of esters is 2. The highest BCUT2D eigenvalue weighted by Gasteiger charge is 2.42. The zero-order valence-corrected chi connectivity index (χ0v) is 27.6. The smallest absolute Gasteiger partial charge is 0.338 e. The summed E-state index contributed by atoms with van der Waals surface area (Å²) < 4.78 is 32.6. The standard InChI is InChI=1S/C36H48FN5O5/c1-3-5-6-7-8-9-10-11-12-13-14-15-16-21-30(43)45-24-27-19-17-18-20-28(27)34(44)46-25-36(4-2)23-22-29(47-36)42-26-39-31-32(38)40-35(37)41-33(31)42/h2,17-20,26,29H,3,5-16,21-25H2,1H3,(H2,38,40,41)/t29-,36+/m1/s1. The average molecular weight is 650 g/mol. The van der Waals surface area contributed by atoms with Crippen molar-refractivity contribution in [1.29, 1.82) is 0 Å². The Labute approximate surface area is 277 Å². The minimum absolute atomic E-state index is 0.0311. The van der Waals surface area contributed by atoms with E-state index in [9.17, 15) is 14.0 Å². The first-order valence-electron chi connectivity index (χ1n) is 17.1. The number of halogens is 1. The summed E-state index contributed by atoms with van der Waals surface area (Å²) in [5, 5.41) is 0. The van der Waals surface area contributed by atoms with E-state index < -0.39 is 23.9 Å². The number of nitrogens with zero attached hydrogens (tertiary/aromatic N) is 4. The fourth-order valence-electron chi connectivity index (χ4n) is 5.93. The molecule has 0 radical (unpaired) electrons. The zero-order valence-electron chi connectivity index (χ0n) is 27.6. The number of rotatable bonds is 20. The Morgan fingerprint density at radius 2 is 1.68 bits per heavy atom. The first-order valence-corrected chi connectivity index (χ1v) is 17.1. The van der Waals surface area contributed by atoms with Gasteiger partial charge in [0.1, 0.15) is 19.4 Å². The van der Waals surface area contributed by atoms with E-state index in [0.29, 0.717) is 24.8 Å². The maximum absolute atomic E-state index is 13.8. The van der Waals surface area contributed by atoms with Crippen LogP contribution in [0, 0.1) is 18.4 Å². The third-order valence-corrected chi connectivity index (χ3v) is 8.70. The van der Waals surface area contributed by atoms with Gasteiger partial charge in [0.25, 0.3) is 0 Å². The Balaban J connectivity index is 1.16. The van der Waals surface area contributed by atoms with Gasteiger partial charge in [-0.1, -0.05) is 108 Å². The summed E-state index contributed by atoms with van der Waals surface area (Å²) in [6, 6.07) is 6.83. The number of fused-ring (bicyclic) bond motifs is 1. The van der Waals surface area contributed by atoms with Gasteiger partial charge in [0.2, 0.25) is 0 Å². The van der Waals surface area contributed by atoms with Crippen LogP contribution in [0.5, 0.6) is 0 Å². The van der Waals surface area contributed by atoms with Crippen LogP contribution < -0.4 is 5.73 Å². The van der Waals surface area contributed by atoms with Gasteiger partial charge in [-0.05, 0) is 25.3 Å². The molecule has 3 heterocycles. The van der Waals surface area contributed by atoms with Crippen LogP contribution in [0.2, 0.25) is 0 Å². The predicted octanol–water partition coefficient (Wildman–Crippen LogP) is 7.61. The Kier molecular flexibility index (Phi) is 14.0. The van der Waals surface area contributed by atoms with Gasteiger partial charge in [-0.25, -0.2) is 9.78 Å². The van der Waals surface area contributed by atoms with E-state index in [1.807, 2.05) is 0 Å². The van der Waals surface area contributed by atoms with Gasteiger partial charge >= 0.3 is 18.0 Å². The van der Waals surface area contributed by atoms with Crippen LogP contribution in [0.4, 0.5) is 10.2 Å². The largest absolute Gasteiger partial charge is 0.461 e. The van der Waals surface area contributed by atoms with Crippen molar-refractivity contribution in [3.8, 4) is 12.3 Å². The van der Waals surface area contributed by atoms with Crippen molar-refractivity contribution in [2.45, 2.75) is 128 Å². The number of nitrogen functional groups attached to an aromatic ring is 1. The van der Waals surface area contributed by atoms with E-state index in [0.717, 1.165) is 19.3 Å². The Morgan fingerprint density at radius 1 is 1.02 bits per heavy atom. The minimum atomic E-state index is -1.21. The molecule has 2 N–H and O–H groups in total. The molecule has 1 aliphatic rings. The van der Waals surface area contributed by atoms with Crippen molar-refractivity contribution in [2.75, 3.05) is 12.3 Å². The summed E-state index contributed by atoms with van der Waals surface area (Å²) in [6.45, 7) is 2.01. The molecule has 11 heteroatoms. The fraction of sp³-hybridized carbons (Fsp3) is 0.583. The summed E-state index contributed by atoms with van der Waals surface area (Å²) in [5.74, 6) is 1.65. The van der Waals surface area contributed by atoms with Gasteiger partial charge in [0.05, 0.1) is 11.9 Å². The van der Waals surface area contributed by atoms with Crippen molar-refractivity contribution in [3.05, 3.63) is 47.8 Å². The third-order valence-electron chi connectivity index (χ3n) is 8.70. The van der Waals surface area contributed by atoms with Gasteiger partial charge < -0.3 is 19.9 Å². The van der Waals surface area contributed by atoms with E-state index in [1.165, 1.54) is 70.5 Å². The molecule has 10 nitrogen and oxygen atoms in total. The molecular formula is C36H48FN5O5. The summed E-state index contributed by atoms with van der Waals surface area (Å²) in [5.41, 5.74) is 5.83. The van der Waals surface area contributed by atoms with Gasteiger partial charge in [-0.3, -0.25) is 9.36 Å². The van der Waals surface area contributed by atoms with Crippen LogP contribution in [-0.2, 0) is 25.6 Å². The van der Waals surface area contributed by atoms with Crippen LogP contribution in [0.3, 0.4) is 0 Å².